The molecule has 18 heavy (non-hydrogen) atoms. The van der Waals surface area contributed by atoms with Gasteiger partial charge < -0.3 is 4.74 Å². The molecule has 106 valence electrons. The van der Waals surface area contributed by atoms with Gasteiger partial charge in [0.25, 0.3) is 0 Å². The number of esters is 1. The molecule has 0 aliphatic rings. The maximum Gasteiger partial charge on any atom is 0.302 e. The third kappa shape index (κ3) is 15.2. The summed E-state index contributed by atoms with van der Waals surface area (Å²) in [5.74, 6) is -0.173. The van der Waals surface area contributed by atoms with Crippen molar-refractivity contribution in [1.29, 1.82) is 0 Å². The van der Waals surface area contributed by atoms with Gasteiger partial charge in [-0.3, -0.25) is 4.79 Å². The Balaban J connectivity index is 3.07. The summed E-state index contributed by atoms with van der Waals surface area (Å²) < 4.78 is 4.87. The molecule has 0 bridgehead atoms. The fourth-order valence-corrected chi connectivity index (χ4v) is 1.86. The molecule has 2 nitrogen and oxygen atoms in total. The molecule has 0 aromatic heterocycles. The number of unbranched alkanes of at least 4 members (excludes halogenated alkanes) is 8. The maximum atomic E-state index is 10.5. The molecule has 0 rings (SSSR count). The molecule has 0 saturated heterocycles. The van der Waals surface area contributed by atoms with Crippen LogP contribution in [0.2, 0.25) is 0 Å². The molecule has 0 saturated carbocycles. The van der Waals surface area contributed by atoms with Crippen LogP contribution in [0, 0.1) is 0 Å². The molecule has 2 heteroatoms. The monoisotopic (exact) mass is 254 g/mol. The Labute approximate surface area is 113 Å². The number of carbonyl (C=O) groups is 1. The zero-order valence-electron chi connectivity index (χ0n) is 12.2. The first-order valence-corrected chi connectivity index (χ1v) is 7.55. The predicted octanol–water partition coefficient (Wildman–Crippen LogP) is 5.03. The molecule has 0 aromatic carbocycles. The topological polar surface area (TPSA) is 26.3 Å². The average Bonchev–Trinajstić information content (AvgIpc) is 2.34. The lowest BCUT2D eigenvalue weighted by Crippen LogP contribution is -1.99. The van der Waals surface area contributed by atoms with Crippen LogP contribution in [0.25, 0.3) is 0 Å². The molecule has 0 heterocycles. The van der Waals surface area contributed by atoms with E-state index in [1.54, 1.807) is 0 Å². The minimum absolute atomic E-state index is 0.173. The number of rotatable bonds is 12. The largest absolute Gasteiger partial charge is 0.466 e. The summed E-state index contributed by atoms with van der Waals surface area (Å²) in [4.78, 5) is 10.5. The number of hydrogen-bond donors (Lipinski definition) is 0. The lowest BCUT2D eigenvalue weighted by atomic mass is 10.1. The summed E-state index contributed by atoms with van der Waals surface area (Å²) in [5.41, 5.74) is 0. The van der Waals surface area contributed by atoms with Gasteiger partial charge in [0.2, 0.25) is 0 Å². The molecule has 0 unspecified atom stereocenters. The van der Waals surface area contributed by atoms with Crippen LogP contribution in [-0.4, -0.2) is 12.6 Å². The van der Waals surface area contributed by atoms with Crippen molar-refractivity contribution >= 4 is 5.97 Å². The maximum absolute atomic E-state index is 10.5. The lowest BCUT2D eigenvalue weighted by molar-refractivity contribution is -0.141. The Morgan fingerprint density at radius 2 is 1.44 bits per heavy atom. The van der Waals surface area contributed by atoms with Crippen LogP contribution >= 0.6 is 0 Å². The van der Waals surface area contributed by atoms with E-state index in [0.29, 0.717) is 6.61 Å². The van der Waals surface area contributed by atoms with E-state index >= 15 is 0 Å². The van der Waals surface area contributed by atoms with Gasteiger partial charge in [0, 0.05) is 6.92 Å². The van der Waals surface area contributed by atoms with E-state index in [2.05, 4.69) is 19.1 Å². The van der Waals surface area contributed by atoms with Gasteiger partial charge in [0.05, 0.1) is 6.61 Å². The van der Waals surface area contributed by atoms with Crippen molar-refractivity contribution in [3.8, 4) is 0 Å². The van der Waals surface area contributed by atoms with Crippen molar-refractivity contribution in [2.45, 2.75) is 78.1 Å². The van der Waals surface area contributed by atoms with Crippen LogP contribution in [0.5, 0.6) is 0 Å². The van der Waals surface area contributed by atoms with Crippen LogP contribution in [0.4, 0.5) is 0 Å². The van der Waals surface area contributed by atoms with Crippen LogP contribution in [0.1, 0.15) is 78.1 Å². The van der Waals surface area contributed by atoms with E-state index in [1.165, 1.54) is 51.9 Å². The second-order valence-electron chi connectivity index (χ2n) is 4.86. The molecular weight excluding hydrogens is 224 g/mol. The summed E-state index contributed by atoms with van der Waals surface area (Å²) in [6, 6.07) is 0. The van der Waals surface area contributed by atoms with Crippen molar-refractivity contribution in [2.24, 2.45) is 0 Å². The van der Waals surface area contributed by atoms with E-state index in [1.807, 2.05) is 0 Å². The first-order chi connectivity index (χ1) is 8.77. The van der Waals surface area contributed by atoms with E-state index in [9.17, 15) is 4.79 Å². The Kier molecular flexibility index (Phi) is 13.6. The van der Waals surface area contributed by atoms with E-state index in [4.69, 9.17) is 4.74 Å². The molecular formula is C16H30O2. The summed E-state index contributed by atoms with van der Waals surface area (Å²) in [5, 5.41) is 0. The highest BCUT2D eigenvalue weighted by Crippen LogP contribution is 2.07. The van der Waals surface area contributed by atoms with Crippen molar-refractivity contribution in [3.63, 3.8) is 0 Å². The second-order valence-corrected chi connectivity index (χ2v) is 4.86. The summed E-state index contributed by atoms with van der Waals surface area (Å²) >= 11 is 0. The first-order valence-electron chi connectivity index (χ1n) is 7.55. The van der Waals surface area contributed by atoms with E-state index in [0.717, 1.165) is 19.3 Å². The lowest BCUT2D eigenvalue weighted by Gasteiger charge is -1.99. The third-order valence-electron chi connectivity index (χ3n) is 2.96. The van der Waals surface area contributed by atoms with Crippen LogP contribution in [0.3, 0.4) is 0 Å². The Bertz CT molecular complexity index is 209. The van der Waals surface area contributed by atoms with Gasteiger partial charge in [0.15, 0.2) is 0 Å². The Morgan fingerprint density at radius 3 is 2.06 bits per heavy atom. The highest BCUT2D eigenvalue weighted by atomic mass is 16.5. The van der Waals surface area contributed by atoms with Gasteiger partial charge in [-0.15, -0.1) is 0 Å². The van der Waals surface area contributed by atoms with Gasteiger partial charge in [-0.1, -0.05) is 51.2 Å². The average molecular weight is 254 g/mol. The SMILES string of the molecule is CCCCCCCC/C=C\CCCCOC(C)=O. The number of allylic oxidation sites excluding steroid dienone is 2. The minimum atomic E-state index is -0.173. The van der Waals surface area contributed by atoms with Gasteiger partial charge in [0.1, 0.15) is 0 Å². The zero-order valence-corrected chi connectivity index (χ0v) is 12.2. The van der Waals surface area contributed by atoms with Crippen LogP contribution in [-0.2, 0) is 9.53 Å². The van der Waals surface area contributed by atoms with Crippen LogP contribution in [0.15, 0.2) is 12.2 Å². The fourth-order valence-electron chi connectivity index (χ4n) is 1.86. The molecule has 0 radical (unpaired) electrons. The molecule has 0 amide bonds. The summed E-state index contributed by atoms with van der Waals surface area (Å²) in [6.07, 6.45) is 17.2. The quantitative estimate of drug-likeness (QED) is 0.277. The summed E-state index contributed by atoms with van der Waals surface area (Å²) in [6.45, 7) is 4.28. The molecule has 0 N–H and O–H groups in total. The smallest absolute Gasteiger partial charge is 0.302 e. The molecule has 0 fully saturated rings. The molecule has 0 aromatic rings. The zero-order chi connectivity index (χ0) is 13.5. The van der Waals surface area contributed by atoms with Gasteiger partial charge >= 0.3 is 5.97 Å². The predicted molar refractivity (Wildman–Crippen MR) is 77.6 cm³/mol. The minimum Gasteiger partial charge on any atom is -0.466 e. The Hall–Kier alpha value is -0.790. The summed E-state index contributed by atoms with van der Waals surface area (Å²) in [7, 11) is 0. The number of carbonyl (C=O) groups excluding carboxylic acids is 1. The number of ether oxygens (including phenoxy) is 1. The van der Waals surface area contributed by atoms with E-state index in [-0.39, 0.29) is 5.97 Å². The van der Waals surface area contributed by atoms with Crippen molar-refractivity contribution in [2.75, 3.05) is 6.61 Å². The highest BCUT2D eigenvalue weighted by Gasteiger charge is 1.91. The van der Waals surface area contributed by atoms with Crippen molar-refractivity contribution in [1.82, 2.24) is 0 Å². The van der Waals surface area contributed by atoms with E-state index < -0.39 is 0 Å². The van der Waals surface area contributed by atoms with Gasteiger partial charge in [-0.05, 0) is 32.1 Å². The number of hydrogen-bond acceptors (Lipinski definition) is 2. The normalized spacial score (nSPS) is 11.0. The second kappa shape index (κ2) is 14.3. The van der Waals surface area contributed by atoms with Crippen LogP contribution < -0.4 is 0 Å². The standard InChI is InChI=1S/C16H30O2/c1-3-4-5-6-7-8-9-10-11-12-13-14-15-18-16(2)17/h10-11H,3-9,12-15H2,1-2H3/b11-10-. The van der Waals surface area contributed by atoms with Gasteiger partial charge in [-0.2, -0.15) is 0 Å². The molecule has 0 atom stereocenters. The third-order valence-corrected chi connectivity index (χ3v) is 2.96. The highest BCUT2D eigenvalue weighted by molar-refractivity contribution is 5.65. The Morgan fingerprint density at radius 1 is 0.889 bits per heavy atom. The van der Waals surface area contributed by atoms with Crippen molar-refractivity contribution < 1.29 is 9.53 Å². The van der Waals surface area contributed by atoms with Crippen molar-refractivity contribution in [3.05, 3.63) is 12.2 Å². The molecule has 0 aliphatic carbocycles. The van der Waals surface area contributed by atoms with Gasteiger partial charge in [-0.25, -0.2) is 0 Å². The molecule has 0 aliphatic heterocycles. The first kappa shape index (κ1) is 17.2. The molecule has 0 spiro atoms. The fraction of sp³-hybridized carbons (Fsp3) is 0.812.